The maximum absolute atomic E-state index is 12.6. The van der Waals surface area contributed by atoms with Crippen LogP contribution in [-0.4, -0.2) is 29.9 Å². The highest BCUT2D eigenvalue weighted by atomic mass is 79.9. The molecule has 0 fully saturated rings. The second kappa shape index (κ2) is 13.7. The number of quaternary nitrogens is 1. The lowest BCUT2D eigenvalue weighted by atomic mass is 10.0. The van der Waals surface area contributed by atoms with Gasteiger partial charge in [-0.3, -0.25) is 4.79 Å². The van der Waals surface area contributed by atoms with Crippen LogP contribution in [0.15, 0.2) is 54.6 Å². The van der Waals surface area contributed by atoms with E-state index in [1.165, 1.54) is 50.6 Å². The molecule has 2 aromatic carbocycles. The third-order valence-electron chi connectivity index (χ3n) is 6.10. The van der Waals surface area contributed by atoms with Crippen molar-refractivity contribution in [3.8, 4) is 0 Å². The highest BCUT2D eigenvalue weighted by molar-refractivity contribution is 6.08. The molecule has 0 aromatic heterocycles. The van der Waals surface area contributed by atoms with Crippen molar-refractivity contribution in [1.82, 2.24) is 0 Å². The summed E-state index contributed by atoms with van der Waals surface area (Å²) in [6.45, 7) is 11.5. The molecule has 0 saturated heterocycles. The zero-order chi connectivity index (χ0) is 20.2. The lowest BCUT2D eigenvalue weighted by molar-refractivity contribution is -0.938. The van der Waals surface area contributed by atoms with Gasteiger partial charge in [-0.25, -0.2) is 0 Å². The van der Waals surface area contributed by atoms with E-state index in [1.54, 1.807) is 0 Å². The Labute approximate surface area is 188 Å². The van der Waals surface area contributed by atoms with E-state index in [9.17, 15) is 4.79 Å². The number of hydrogen-bond acceptors (Lipinski definition) is 1. The Bertz CT molecular complexity index is 692. The van der Waals surface area contributed by atoms with Crippen molar-refractivity contribution >= 4 is 5.78 Å². The van der Waals surface area contributed by atoms with Gasteiger partial charge in [0.1, 0.15) is 6.54 Å². The van der Waals surface area contributed by atoms with Crippen molar-refractivity contribution in [2.75, 3.05) is 19.6 Å². The number of unbranched alkanes of at least 4 members (excludes halogenated alkanes) is 5. The average molecular weight is 461 g/mol. The molecule has 0 N–H and O–H groups in total. The first-order valence-corrected chi connectivity index (χ1v) is 11.2. The first-order valence-electron chi connectivity index (χ1n) is 11.2. The Hall–Kier alpha value is -1.45. The molecule has 2 rings (SSSR count). The van der Waals surface area contributed by atoms with Crippen molar-refractivity contribution in [2.45, 2.75) is 65.8 Å². The number of rotatable bonds is 13. The molecule has 160 valence electrons. The van der Waals surface area contributed by atoms with Crippen molar-refractivity contribution < 1.29 is 26.3 Å². The number of nitrogens with zero attached hydrogens (tertiary/aromatic N) is 1. The highest BCUT2D eigenvalue weighted by Gasteiger charge is 2.23. The van der Waals surface area contributed by atoms with E-state index in [4.69, 9.17) is 0 Å². The lowest BCUT2D eigenvalue weighted by Gasteiger charge is -2.37. The maximum atomic E-state index is 12.6. The van der Waals surface area contributed by atoms with E-state index in [2.05, 4.69) is 32.9 Å². The Morgan fingerprint density at radius 3 is 1.86 bits per heavy atom. The number of carbonyl (C=O) groups is 1. The third-order valence-corrected chi connectivity index (χ3v) is 6.10. The van der Waals surface area contributed by atoms with Crippen molar-refractivity contribution in [2.24, 2.45) is 0 Å². The molecule has 0 bridgehead atoms. The second-order valence-electron chi connectivity index (χ2n) is 8.02. The van der Waals surface area contributed by atoms with E-state index >= 15 is 0 Å². The summed E-state index contributed by atoms with van der Waals surface area (Å²) in [5, 5.41) is 0. The quantitative estimate of drug-likeness (QED) is 0.254. The van der Waals surface area contributed by atoms with Crippen LogP contribution in [0.3, 0.4) is 0 Å². The van der Waals surface area contributed by atoms with Gasteiger partial charge in [-0.1, -0.05) is 87.2 Å². The Kier molecular flexibility index (Phi) is 12.1. The molecule has 0 aliphatic heterocycles. The van der Waals surface area contributed by atoms with E-state index in [1.807, 2.05) is 42.5 Å². The standard InChI is InChI=1S/C26H38NO.BrH/c1-4-7-8-9-10-14-21-27(5-2,6-3)22-23-17-19-25(20-18-23)26(28)24-15-12-11-13-16-24;/h11-13,15-20H,4-10,14,21-22H2,1-3H3;1H/q+1;/p-1. The minimum atomic E-state index is 0. The van der Waals surface area contributed by atoms with Crippen LogP contribution < -0.4 is 17.0 Å². The Balaban J connectivity index is 0.00000420. The maximum Gasteiger partial charge on any atom is 0.193 e. The number of hydrogen-bond donors (Lipinski definition) is 0. The SMILES string of the molecule is CCCCCCCC[N+](CC)(CC)Cc1ccc(C(=O)c2ccccc2)cc1.[Br-]. The Morgan fingerprint density at radius 2 is 1.28 bits per heavy atom. The third kappa shape index (κ3) is 8.06. The first kappa shape index (κ1) is 25.6. The fourth-order valence-corrected chi connectivity index (χ4v) is 3.98. The zero-order valence-electron chi connectivity index (χ0n) is 18.5. The summed E-state index contributed by atoms with van der Waals surface area (Å²) in [5.74, 6) is 0.103. The molecular formula is C26H38BrNO. The van der Waals surface area contributed by atoms with Gasteiger partial charge >= 0.3 is 0 Å². The highest BCUT2D eigenvalue weighted by Crippen LogP contribution is 2.19. The summed E-state index contributed by atoms with van der Waals surface area (Å²) in [6, 6.07) is 17.8. The van der Waals surface area contributed by atoms with Gasteiger partial charge in [0.15, 0.2) is 5.78 Å². The molecule has 3 heteroatoms. The number of ketones is 1. The molecule has 0 aliphatic carbocycles. The second-order valence-corrected chi connectivity index (χ2v) is 8.02. The number of benzene rings is 2. The van der Waals surface area contributed by atoms with Gasteiger partial charge in [-0.15, -0.1) is 0 Å². The van der Waals surface area contributed by atoms with Crippen molar-refractivity contribution in [3.05, 3.63) is 71.3 Å². The monoisotopic (exact) mass is 459 g/mol. The molecule has 0 spiro atoms. The van der Waals surface area contributed by atoms with Gasteiger partial charge in [-0.05, 0) is 26.7 Å². The van der Waals surface area contributed by atoms with Crippen LogP contribution in [0, 0.1) is 0 Å². The number of halogens is 1. The Morgan fingerprint density at radius 1 is 0.724 bits per heavy atom. The molecule has 29 heavy (non-hydrogen) atoms. The first-order chi connectivity index (χ1) is 13.6. The normalized spacial score (nSPS) is 11.1. The molecule has 0 radical (unpaired) electrons. The minimum absolute atomic E-state index is 0. The summed E-state index contributed by atoms with van der Waals surface area (Å²) in [7, 11) is 0. The van der Waals surface area contributed by atoms with Gasteiger partial charge in [0, 0.05) is 16.7 Å². The smallest absolute Gasteiger partial charge is 0.193 e. The predicted molar refractivity (Wildman–Crippen MR) is 120 cm³/mol. The molecular weight excluding hydrogens is 422 g/mol. The van der Waals surface area contributed by atoms with E-state index in [0.29, 0.717) is 0 Å². The minimum Gasteiger partial charge on any atom is -1.00 e. The van der Waals surface area contributed by atoms with Crippen LogP contribution in [0.25, 0.3) is 0 Å². The largest absolute Gasteiger partial charge is 1.00 e. The van der Waals surface area contributed by atoms with Crippen LogP contribution in [0.1, 0.15) is 80.8 Å². The van der Waals surface area contributed by atoms with Crippen LogP contribution in [0.2, 0.25) is 0 Å². The van der Waals surface area contributed by atoms with Crippen molar-refractivity contribution in [3.63, 3.8) is 0 Å². The van der Waals surface area contributed by atoms with Gasteiger partial charge < -0.3 is 21.5 Å². The van der Waals surface area contributed by atoms with Crippen LogP contribution >= 0.6 is 0 Å². The van der Waals surface area contributed by atoms with Crippen molar-refractivity contribution in [1.29, 1.82) is 0 Å². The van der Waals surface area contributed by atoms with Gasteiger partial charge in [0.2, 0.25) is 0 Å². The summed E-state index contributed by atoms with van der Waals surface area (Å²) in [6.07, 6.45) is 8.10. The lowest BCUT2D eigenvalue weighted by Crippen LogP contribution is -3.00. The zero-order valence-corrected chi connectivity index (χ0v) is 20.1. The molecule has 0 amide bonds. The fourth-order valence-electron chi connectivity index (χ4n) is 3.98. The molecule has 0 saturated carbocycles. The van der Waals surface area contributed by atoms with E-state index < -0.39 is 0 Å². The van der Waals surface area contributed by atoms with Crippen LogP contribution in [0.4, 0.5) is 0 Å². The summed E-state index contributed by atoms with van der Waals surface area (Å²) in [5.41, 5.74) is 2.86. The topological polar surface area (TPSA) is 17.1 Å². The summed E-state index contributed by atoms with van der Waals surface area (Å²) < 4.78 is 1.14. The summed E-state index contributed by atoms with van der Waals surface area (Å²) >= 11 is 0. The predicted octanol–water partition coefficient (Wildman–Crippen LogP) is 3.64. The van der Waals surface area contributed by atoms with Gasteiger partial charge in [0.05, 0.1) is 19.6 Å². The molecule has 0 aliphatic rings. The van der Waals surface area contributed by atoms with Gasteiger partial charge in [0.25, 0.3) is 0 Å². The van der Waals surface area contributed by atoms with Crippen LogP contribution in [0.5, 0.6) is 0 Å². The fraction of sp³-hybridized carbons (Fsp3) is 0.500. The van der Waals surface area contributed by atoms with Gasteiger partial charge in [-0.2, -0.15) is 0 Å². The molecule has 0 atom stereocenters. The van der Waals surface area contributed by atoms with E-state index in [0.717, 1.165) is 35.2 Å². The molecule has 0 unspecified atom stereocenters. The average Bonchev–Trinajstić information content (AvgIpc) is 2.76. The van der Waals surface area contributed by atoms with Crippen LogP contribution in [-0.2, 0) is 6.54 Å². The summed E-state index contributed by atoms with van der Waals surface area (Å²) in [4.78, 5) is 12.6. The van der Waals surface area contributed by atoms with E-state index in [-0.39, 0.29) is 22.8 Å². The molecule has 2 nitrogen and oxygen atoms in total. The molecule has 2 aromatic rings. The molecule has 0 heterocycles. The number of carbonyl (C=O) groups excluding carboxylic acids is 1.